The zero-order valence-corrected chi connectivity index (χ0v) is 23.4. The molecule has 0 bridgehead atoms. The van der Waals surface area contributed by atoms with Gasteiger partial charge in [-0.3, -0.25) is 9.36 Å². The van der Waals surface area contributed by atoms with E-state index < -0.39 is 12.0 Å². The van der Waals surface area contributed by atoms with Gasteiger partial charge in [0.2, 0.25) is 0 Å². The number of halogens is 2. The Labute approximate surface area is 222 Å². The SMILES string of the molecule is CCOC(=O)C1=C(C)N=c2s/c(=C\c3cc(Br)c(OC)c(OC)c3)c(=O)n2[C@@H]1c1ccc(Br)cc1. The van der Waals surface area contributed by atoms with Gasteiger partial charge in [-0.05, 0) is 71.2 Å². The van der Waals surface area contributed by atoms with E-state index in [1.165, 1.54) is 11.3 Å². The van der Waals surface area contributed by atoms with E-state index >= 15 is 0 Å². The molecule has 0 fully saturated rings. The minimum absolute atomic E-state index is 0.223. The van der Waals surface area contributed by atoms with E-state index in [1.54, 1.807) is 44.8 Å². The second-order valence-corrected chi connectivity index (χ2v) is 10.4. The number of carbonyl (C=O) groups is 1. The third-order valence-electron chi connectivity index (χ3n) is 5.46. The number of rotatable bonds is 6. The molecule has 0 aliphatic carbocycles. The zero-order valence-electron chi connectivity index (χ0n) is 19.4. The Morgan fingerprint density at radius 1 is 1.17 bits per heavy atom. The van der Waals surface area contributed by atoms with E-state index in [0.29, 0.717) is 36.6 Å². The zero-order chi connectivity index (χ0) is 25.3. The number of carbonyl (C=O) groups excluding carboxylic acids is 1. The van der Waals surface area contributed by atoms with Gasteiger partial charge in [-0.2, -0.15) is 0 Å². The number of esters is 1. The molecule has 0 spiro atoms. The summed E-state index contributed by atoms with van der Waals surface area (Å²) >= 11 is 8.21. The van der Waals surface area contributed by atoms with Crippen LogP contribution in [0.5, 0.6) is 11.5 Å². The molecular formula is C25H22Br2N2O5S. The number of ether oxygens (including phenoxy) is 3. The van der Waals surface area contributed by atoms with E-state index in [0.717, 1.165) is 15.6 Å². The molecule has 0 radical (unpaired) electrons. The summed E-state index contributed by atoms with van der Waals surface area (Å²) in [6, 6.07) is 10.5. The third-order valence-corrected chi connectivity index (χ3v) is 7.56. The van der Waals surface area contributed by atoms with Crippen molar-refractivity contribution < 1.29 is 19.0 Å². The summed E-state index contributed by atoms with van der Waals surface area (Å²) in [4.78, 5) is 31.8. The predicted molar refractivity (Wildman–Crippen MR) is 142 cm³/mol. The lowest BCUT2D eigenvalue weighted by Gasteiger charge is -2.24. The van der Waals surface area contributed by atoms with Gasteiger partial charge in [-0.25, -0.2) is 9.79 Å². The van der Waals surface area contributed by atoms with Crippen LogP contribution in [0.2, 0.25) is 0 Å². The molecule has 3 aromatic rings. The number of aromatic nitrogens is 1. The van der Waals surface area contributed by atoms with Crippen LogP contribution in [0.4, 0.5) is 0 Å². The first-order valence-corrected chi connectivity index (χ1v) is 13.1. The van der Waals surface area contributed by atoms with E-state index in [9.17, 15) is 9.59 Å². The molecule has 0 saturated carbocycles. The van der Waals surface area contributed by atoms with Crippen LogP contribution in [-0.4, -0.2) is 31.4 Å². The number of benzene rings is 2. The van der Waals surface area contributed by atoms with Crippen molar-refractivity contribution in [1.29, 1.82) is 0 Å². The summed E-state index contributed by atoms with van der Waals surface area (Å²) < 4.78 is 19.8. The van der Waals surface area contributed by atoms with Gasteiger partial charge in [0.1, 0.15) is 0 Å². The highest BCUT2D eigenvalue weighted by molar-refractivity contribution is 9.10. The molecule has 2 aromatic carbocycles. The Balaban J connectivity index is 1.94. The van der Waals surface area contributed by atoms with Crippen molar-refractivity contribution in [3.05, 3.63) is 87.4 Å². The molecule has 4 rings (SSSR count). The van der Waals surface area contributed by atoms with Gasteiger partial charge in [0.05, 0.1) is 47.1 Å². The number of allylic oxidation sites excluding steroid dienone is 1. The van der Waals surface area contributed by atoms with Crippen molar-refractivity contribution >= 4 is 55.2 Å². The van der Waals surface area contributed by atoms with Crippen molar-refractivity contribution in [2.75, 3.05) is 20.8 Å². The third kappa shape index (κ3) is 4.87. The van der Waals surface area contributed by atoms with Crippen molar-refractivity contribution in [2.24, 2.45) is 4.99 Å². The van der Waals surface area contributed by atoms with Gasteiger partial charge in [0.15, 0.2) is 16.3 Å². The molecule has 0 N–H and O–H groups in total. The van der Waals surface area contributed by atoms with E-state index in [-0.39, 0.29) is 12.2 Å². The van der Waals surface area contributed by atoms with E-state index in [1.807, 2.05) is 30.3 Å². The molecule has 1 aromatic heterocycles. The Morgan fingerprint density at radius 2 is 1.89 bits per heavy atom. The Bertz CT molecular complexity index is 1510. The second kappa shape index (κ2) is 10.5. The largest absolute Gasteiger partial charge is 0.493 e. The van der Waals surface area contributed by atoms with Gasteiger partial charge in [0.25, 0.3) is 5.56 Å². The van der Waals surface area contributed by atoms with Crippen LogP contribution >= 0.6 is 43.2 Å². The molecular weight excluding hydrogens is 600 g/mol. The fourth-order valence-electron chi connectivity index (χ4n) is 3.92. The summed E-state index contributed by atoms with van der Waals surface area (Å²) in [5.41, 5.74) is 2.16. The van der Waals surface area contributed by atoms with Crippen LogP contribution in [0.1, 0.15) is 31.0 Å². The van der Waals surface area contributed by atoms with Crippen LogP contribution < -0.4 is 24.4 Å². The lowest BCUT2D eigenvalue weighted by molar-refractivity contribution is -0.139. The van der Waals surface area contributed by atoms with Crippen LogP contribution in [0, 0.1) is 0 Å². The normalized spacial score (nSPS) is 15.5. The summed E-state index contributed by atoms with van der Waals surface area (Å²) in [5, 5.41) is 0. The Hall–Kier alpha value is -2.69. The van der Waals surface area contributed by atoms with Crippen molar-refractivity contribution in [2.45, 2.75) is 19.9 Å². The quantitative estimate of drug-likeness (QED) is 0.383. The summed E-state index contributed by atoms with van der Waals surface area (Å²) in [5.74, 6) is 0.616. The molecule has 0 unspecified atom stereocenters. The summed E-state index contributed by atoms with van der Waals surface area (Å²) in [7, 11) is 3.12. The highest BCUT2D eigenvalue weighted by Gasteiger charge is 2.33. The number of hydrogen-bond donors (Lipinski definition) is 0. The lowest BCUT2D eigenvalue weighted by Crippen LogP contribution is -2.39. The second-order valence-electron chi connectivity index (χ2n) is 7.59. The maximum atomic E-state index is 13.7. The topological polar surface area (TPSA) is 79.1 Å². The molecule has 10 heteroatoms. The number of hydrogen-bond acceptors (Lipinski definition) is 7. The van der Waals surface area contributed by atoms with Gasteiger partial charge in [-0.1, -0.05) is 39.4 Å². The fraction of sp³-hybridized carbons (Fsp3) is 0.240. The Morgan fingerprint density at radius 3 is 2.51 bits per heavy atom. The molecule has 7 nitrogen and oxygen atoms in total. The highest BCUT2D eigenvalue weighted by Crippen LogP contribution is 2.36. The molecule has 0 saturated heterocycles. The molecule has 0 amide bonds. The Kier molecular flexibility index (Phi) is 7.63. The van der Waals surface area contributed by atoms with E-state index in [2.05, 4.69) is 36.9 Å². The monoisotopic (exact) mass is 620 g/mol. The van der Waals surface area contributed by atoms with Crippen molar-refractivity contribution in [3.8, 4) is 11.5 Å². The first-order valence-electron chi connectivity index (χ1n) is 10.7. The standard InChI is InChI=1S/C25H22Br2N2O5S/c1-5-34-24(31)20-13(2)28-25-29(21(20)15-6-8-16(26)9-7-15)23(30)19(35-25)12-14-10-17(27)22(33-4)18(11-14)32-3/h6-12,21H,5H2,1-4H3/b19-12-/t21-/m1/s1. The average molecular weight is 622 g/mol. The van der Waals surface area contributed by atoms with Gasteiger partial charge in [-0.15, -0.1) is 0 Å². The van der Waals surface area contributed by atoms with Gasteiger partial charge in [0, 0.05) is 4.47 Å². The molecule has 1 aliphatic heterocycles. The summed E-state index contributed by atoms with van der Waals surface area (Å²) in [6.07, 6.45) is 1.78. The number of thiazole rings is 1. The van der Waals surface area contributed by atoms with Crippen LogP contribution in [0.3, 0.4) is 0 Å². The van der Waals surface area contributed by atoms with Crippen molar-refractivity contribution in [1.82, 2.24) is 4.57 Å². The van der Waals surface area contributed by atoms with Crippen LogP contribution in [-0.2, 0) is 9.53 Å². The van der Waals surface area contributed by atoms with Crippen LogP contribution in [0.25, 0.3) is 6.08 Å². The highest BCUT2D eigenvalue weighted by atomic mass is 79.9. The first kappa shape index (κ1) is 25.4. The minimum Gasteiger partial charge on any atom is -0.493 e. The maximum absolute atomic E-state index is 13.7. The van der Waals surface area contributed by atoms with E-state index in [4.69, 9.17) is 14.2 Å². The molecule has 35 heavy (non-hydrogen) atoms. The van der Waals surface area contributed by atoms with Gasteiger partial charge < -0.3 is 14.2 Å². The molecule has 1 atom stereocenters. The lowest BCUT2D eigenvalue weighted by atomic mass is 9.96. The fourth-order valence-corrected chi connectivity index (χ4v) is 5.86. The number of nitrogens with zero attached hydrogens (tertiary/aromatic N) is 2. The smallest absolute Gasteiger partial charge is 0.338 e. The average Bonchev–Trinajstić information content (AvgIpc) is 3.12. The van der Waals surface area contributed by atoms with Crippen LogP contribution in [0.15, 0.2) is 66.4 Å². The predicted octanol–water partition coefficient (Wildman–Crippen LogP) is 4.34. The number of methoxy groups -OCH3 is 2. The van der Waals surface area contributed by atoms with Gasteiger partial charge >= 0.3 is 5.97 Å². The molecule has 2 heterocycles. The van der Waals surface area contributed by atoms with Crippen molar-refractivity contribution in [3.63, 3.8) is 0 Å². The first-order chi connectivity index (χ1) is 16.8. The maximum Gasteiger partial charge on any atom is 0.338 e. The minimum atomic E-state index is -0.655. The molecule has 182 valence electrons. The number of fused-ring (bicyclic) bond motifs is 1. The summed E-state index contributed by atoms with van der Waals surface area (Å²) in [6.45, 7) is 3.74. The molecule has 1 aliphatic rings.